The molecule has 1 rings (SSSR count). The summed E-state index contributed by atoms with van der Waals surface area (Å²) < 4.78 is 37.5. The zero-order chi connectivity index (χ0) is 14.5. The van der Waals surface area contributed by atoms with Crippen molar-refractivity contribution in [3.05, 3.63) is 0 Å². The molecule has 0 saturated carbocycles. The summed E-state index contributed by atoms with van der Waals surface area (Å²) in [4.78, 5) is 2.16. The van der Waals surface area contributed by atoms with E-state index in [1.807, 2.05) is 0 Å². The molecule has 1 aliphatic heterocycles. The van der Waals surface area contributed by atoms with Crippen molar-refractivity contribution in [1.29, 1.82) is 0 Å². The van der Waals surface area contributed by atoms with E-state index in [0.29, 0.717) is 19.6 Å². The molecule has 0 spiro atoms. The van der Waals surface area contributed by atoms with Gasteiger partial charge in [-0.3, -0.25) is 0 Å². The Labute approximate surface area is 114 Å². The first-order valence-electron chi connectivity index (χ1n) is 7.24. The van der Waals surface area contributed by atoms with Crippen molar-refractivity contribution in [3.63, 3.8) is 0 Å². The average Bonchev–Trinajstić information content (AvgIpc) is 2.34. The normalized spacial score (nSPS) is 19.9. The Morgan fingerprint density at radius 1 is 1.11 bits per heavy atom. The van der Waals surface area contributed by atoms with Crippen molar-refractivity contribution in [2.75, 3.05) is 26.2 Å². The van der Waals surface area contributed by atoms with Crippen LogP contribution in [0.3, 0.4) is 0 Å². The highest BCUT2D eigenvalue weighted by atomic mass is 19.4. The largest absolute Gasteiger partial charge is 0.391 e. The van der Waals surface area contributed by atoms with E-state index in [-0.39, 0.29) is 18.3 Å². The van der Waals surface area contributed by atoms with Gasteiger partial charge in [-0.05, 0) is 57.3 Å². The molecule has 114 valence electrons. The quantitative estimate of drug-likeness (QED) is 0.755. The number of nitrogens with zero attached hydrogens (tertiary/aromatic N) is 1. The Morgan fingerprint density at radius 3 is 2.16 bits per heavy atom. The number of nitrogens with two attached hydrogens (primary N) is 1. The average molecular weight is 280 g/mol. The van der Waals surface area contributed by atoms with Crippen LogP contribution in [0.15, 0.2) is 0 Å². The van der Waals surface area contributed by atoms with Gasteiger partial charge in [0, 0.05) is 0 Å². The molecule has 5 heteroatoms. The number of piperidine rings is 1. The van der Waals surface area contributed by atoms with E-state index < -0.39 is 12.1 Å². The van der Waals surface area contributed by atoms with Crippen LogP contribution in [0.5, 0.6) is 0 Å². The lowest BCUT2D eigenvalue weighted by Gasteiger charge is -2.33. The Balaban J connectivity index is 2.14. The lowest BCUT2D eigenvalue weighted by atomic mass is 9.87. The van der Waals surface area contributed by atoms with Gasteiger partial charge in [-0.2, -0.15) is 13.2 Å². The second-order valence-electron chi connectivity index (χ2n) is 6.48. The fraction of sp³-hybridized carbons (Fsp3) is 1.00. The summed E-state index contributed by atoms with van der Waals surface area (Å²) in [7, 11) is 0. The van der Waals surface area contributed by atoms with Crippen molar-refractivity contribution in [2.45, 2.75) is 52.1 Å². The summed E-state index contributed by atoms with van der Waals surface area (Å²) in [5.41, 5.74) is 5.85. The van der Waals surface area contributed by atoms with Crippen molar-refractivity contribution in [2.24, 2.45) is 17.1 Å². The monoisotopic (exact) mass is 280 g/mol. The molecule has 0 aromatic heterocycles. The highest BCUT2D eigenvalue weighted by Gasteiger charge is 2.40. The van der Waals surface area contributed by atoms with E-state index in [4.69, 9.17) is 5.73 Å². The van der Waals surface area contributed by atoms with Gasteiger partial charge in [0.1, 0.15) is 0 Å². The molecule has 19 heavy (non-hydrogen) atoms. The molecule has 0 unspecified atom stereocenters. The predicted molar refractivity (Wildman–Crippen MR) is 71.9 cm³/mol. The van der Waals surface area contributed by atoms with Crippen LogP contribution in [-0.2, 0) is 0 Å². The van der Waals surface area contributed by atoms with Crippen LogP contribution in [0, 0.1) is 11.3 Å². The maximum atomic E-state index is 12.5. The third-order valence-electron chi connectivity index (χ3n) is 4.18. The van der Waals surface area contributed by atoms with Crippen LogP contribution in [-0.4, -0.2) is 37.3 Å². The summed E-state index contributed by atoms with van der Waals surface area (Å²) in [5, 5.41) is 0. The summed E-state index contributed by atoms with van der Waals surface area (Å²) in [5.74, 6) is -1.08. The van der Waals surface area contributed by atoms with Crippen LogP contribution >= 0.6 is 0 Å². The first-order valence-corrected chi connectivity index (χ1v) is 7.24. The fourth-order valence-electron chi connectivity index (χ4n) is 2.52. The van der Waals surface area contributed by atoms with Crippen molar-refractivity contribution in [3.8, 4) is 0 Å². The van der Waals surface area contributed by atoms with Gasteiger partial charge in [-0.15, -0.1) is 0 Å². The third kappa shape index (κ3) is 6.13. The smallest absolute Gasteiger partial charge is 0.330 e. The second kappa shape index (κ2) is 6.93. The molecule has 1 fully saturated rings. The number of unbranched alkanes of at least 4 members (excludes halogenated alkanes) is 1. The molecule has 0 radical (unpaired) electrons. The van der Waals surface area contributed by atoms with Gasteiger partial charge >= 0.3 is 6.18 Å². The Hall–Kier alpha value is -0.290. The van der Waals surface area contributed by atoms with Crippen LogP contribution in [0.1, 0.15) is 46.0 Å². The predicted octanol–water partition coefficient (Wildman–Crippen LogP) is 3.42. The van der Waals surface area contributed by atoms with E-state index in [9.17, 15) is 13.2 Å². The first-order chi connectivity index (χ1) is 8.74. The molecule has 2 nitrogen and oxygen atoms in total. The molecule has 0 aromatic rings. The Bertz CT molecular complexity index is 256. The lowest BCUT2D eigenvalue weighted by Crippen LogP contribution is -2.39. The zero-order valence-electron chi connectivity index (χ0n) is 12.1. The summed E-state index contributed by atoms with van der Waals surface area (Å²) in [6.07, 6.45) is -0.237. The number of alkyl halides is 3. The summed E-state index contributed by atoms with van der Waals surface area (Å²) in [6, 6.07) is 0. The fourth-order valence-corrected chi connectivity index (χ4v) is 2.52. The molecular weight excluding hydrogens is 253 g/mol. The van der Waals surface area contributed by atoms with Gasteiger partial charge in [0.15, 0.2) is 0 Å². The van der Waals surface area contributed by atoms with Gasteiger partial charge in [-0.25, -0.2) is 0 Å². The highest BCUT2D eigenvalue weighted by Crippen LogP contribution is 2.34. The minimum atomic E-state index is -4.00. The molecular formula is C14H27F3N2. The van der Waals surface area contributed by atoms with E-state index in [0.717, 1.165) is 25.8 Å². The molecule has 1 aliphatic rings. The number of hydrogen-bond donors (Lipinski definition) is 1. The van der Waals surface area contributed by atoms with E-state index in [1.54, 1.807) is 0 Å². The Kier molecular flexibility index (Phi) is 6.12. The molecule has 1 saturated heterocycles. The Morgan fingerprint density at radius 2 is 1.68 bits per heavy atom. The molecule has 2 N–H and O–H groups in total. The number of likely N-dealkylation sites (tertiary alicyclic amines) is 1. The maximum Gasteiger partial charge on any atom is 0.391 e. The van der Waals surface area contributed by atoms with E-state index >= 15 is 0 Å². The van der Waals surface area contributed by atoms with Gasteiger partial charge in [0.2, 0.25) is 0 Å². The number of rotatable bonds is 6. The molecule has 0 atom stereocenters. The molecule has 0 amide bonds. The van der Waals surface area contributed by atoms with Gasteiger partial charge in [0.25, 0.3) is 0 Å². The van der Waals surface area contributed by atoms with E-state index in [1.165, 1.54) is 0 Å². The molecule has 0 bridgehead atoms. The van der Waals surface area contributed by atoms with Crippen LogP contribution in [0.2, 0.25) is 0 Å². The van der Waals surface area contributed by atoms with Crippen molar-refractivity contribution >= 4 is 0 Å². The third-order valence-corrected chi connectivity index (χ3v) is 4.18. The number of hydrogen-bond acceptors (Lipinski definition) is 2. The van der Waals surface area contributed by atoms with E-state index in [2.05, 4.69) is 18.7 Å². The van der Waals surface area contributed by atoms with Crippen LogP contribution in [0.25, 0.3) is 0 Å². The SMILES string of the molecule is CC(C)(CN)CCCCN1CCC(C(F)(F)F)CC1. The number of halogens is 3. The first kappa shape index (κ1) is 16.8. The van der Waals surface area contributed by atoms with Crippen molar-refractivity contribution in [1.82, 2.24) is 4.90 Å². The zero-order valence-corrected chi connectivity index (χ0v) is 12.1. The molecule has 1 heterocycles. The second-order valence-corrected chi connectivity index (χ2v) is 6.48. The maximum absolute atomic E-state index is 12.5. The van der Waals surface area contributed by atoms with Gasteiger partial charge in [-0.1, -0.05) is 20.3 Å². The summed E-state index contributed by atoms with van der Waals surface area (Å²) >= 11 is 0. The minimum absolute atomic E-state index is 0.184. The highest BCUT2D eigenvalue weighted by molar-refractivity contribution is 4.77. The van der Waals surface area contributed by atoms with Crippen molar-refractivity contribution < 1.29 is 13.2 Å². The standard InChI is InChI=1S/C14H27F3N2/c1-13(2,11-18)7-3-4-8-19-9-5-12(6-10-19)14(15,16)17/h12H,3-11,18H2,1-2H3. The summed E-state index contributed by atoms with van der Waals surface area (Å²) in [6.45, 7) is 7.09. The van der Waals surface area contributed by atoms with Gasteiger partial charge < -0.3 is 10.6 Å². The van der Waals surface area contributed by atoms with Crippen LogP contribution in [0.4, 0.5) is 13.2 Å². The van der Waals surface area contributed by atoms with Crippen LogP contribution < -0.4 is 5.73 Å². The van der Waals surface area contributed by atoms with Gasteiger partial charge in [0.05, 0.1) is 5.92 Å². The topological polar surface area (TPSA) is 29.3 Å². The lowest BCUT2D eigenvalue weighted by molar-refractivity contribution is -0.185. The minimum Gasteiger partial charge on any atom is -0.330 e. The molecule has 0 aliphatic carbocycles. The molecule has 0 aromatic carbocycles.